The third-order valence-corrected chi connectivity index (χ3v) is 3.33. The highest BCUT2D eigenvalue weighted by Crippen LogP contribution is 2.32. The third-order valence-electron chi connectivity index (χ3n) is 3.33. The normalized spacial score (nSPS) is 11.5. The maximum atomic E-state index is 9.34. The Bertz CT molecular complexity index is 509. The zero-order valence-electron chi connectivity index (χ0n) is 10.6. The Labute approximate surface area is 103 Å². The van der Waals surface area contributed by atoms with Gasteiger partial charge >= 0.3 is 0 Å². The molecule has 2 rings (SSSR count). The van der Waals surface area contributed by atoms with E-state index in [1.54, 1.807) is 12.1 Å². The van der Waals surface area contributed by atoms with Gasteiger partial charge in [-0.2, -0.15) is 0 Å². The van der Waals surface area contributed by atoms with Crippen LogP contribution in [0.15, 0.2) is 48.5 Å². The summed E-state index contributed by atoms with van der Waals surface area (Å²) in [5.74, 6) is 0.314. The Kier molecular flexibility index (Phi) is 2.93. The largest absolute Gasteiger partial charge is 0.508 e. The first-order chi connectivity index (χ1) is 8.00. The maximum Gasteiger partial charge on any atom is 0.115 e. The van der Waals surface area contributed by atoms with Gasteiger partial charge < -0.3 is 5.11 Å². The molecule has 2 aromatic rings. The van der Waals surface area contributed by atoms with Crippen LogP contribution in [0.1, 0.15) is 30.5 Å². The van der Waals surface area contributed by atoms with E-state index in [4.69, 9.17) is 0 Å². The van der Waals surface area contributed by atoms with Crippen molar-refractivity contribution in [3.05, 3.63) is 65.2 Å². The van der Waals surface area contributed by atoms with E-state index in [1.165, 1.54) is 16.7 Å². The van der Waals surface area contributed by atoms with E-state index in [-0.39, 0.29) is 5.41 Å². The SMILES string of the molecule is Cc1cccc(C(C)(C)c2ccc(O)cc2)c1. The lowest BCUT2D eigenvalue weighted by Crippen LogP contribution is -2.18. The fourth-order valence-electron chi connectivity index (χ4n) is 2.08. The lowest BCUT2D eigenvalue weighted by molar-refractivity contribution is 0.474. The Morgan fingerprint density at radius 2 is 1.53 bits per heavy atom. The average Bonchev–Trinajstić information content (AvgIpc) is 2.29. The third kappa shape index (κ3) is 2.33. The van der Waals surface area contributed by atoms with Crippen LogP contribution in [0, 0.1) is 6.92 Å². The van der Waals surface area contributed by atoms with Gasteiger partial charge in [-0.1, -0.05) is 55.8 Å². The summed E-state index contributed by atoms with van der Waals surface area (Å²) >= 11 is 0. The van der Waals surface area contributed by atoms with Gasteiger partial charge in [0, 0.05) is 5.41 Å². The van der Waals surface area contributed by atoms with Gasteiger partial charge in [-0.05, 0) is 30.2 Å². The van der Waals surface area contributed by atoms with Crippen LogP contribution in [0.2, 0.25) is 0 Å². The first-order valence-electron chi connectivity index (χ1n) is 5.87. The van der Waals surface area contributed by atoms with Crippen LogP contribution < -0.4 is 0 Å². The van der Waals surface area contributed by atoms with Crippen LogP contribution >= 0.6 is 0 Å². The minimum Gasteiger partial charge on any atom is -0.508 e. The molecule has 0 fully saturated rings. The number of hydrogen-bond acceptors (Lipinski definition) is 1. The fourth-order valence-corrected chi connectivity index (χ4v) is 2.08. The number of aromatic hydroxyl groups is 1. The molecule has 0 aliphatic carbocycles. The lowest BCUT2D eigenvalue weighted by Gasteiger charge is -2.26. The molecule has 0 bridgehead atoms. The van der Waals surface area contributed by atoms with Crippen molar-refractivity contribution >= 4 is 0 Å². The molecule has 0 aliphatic heterocycles. The zero-order valence-corrected chi connectivity index (χ0v) is 10.6. The summed E-state index contributed by atoms with van der Waals surface area (Å²) in [5, 5.41) is 9.34. The summed E-state index contributed by atoms with van der Waals surface area (Å²) in [6.45, 7) is 6.51. The minimum atomic E-state index is -0.0419. The first kappa shape index (κ1) is 11.7. The molecule has 1 N–H and O–H groups in total. The van der Waals surface area contributed by atoms with Crippen molar-refractivity contribution in [2.45, 2.75) is 26.2 Å². The van der Waals surface area contributed by atoms with Crippen molar-refractivity contribution in [2.24, 2.45) is 0 Å². The molecule has 0 aromatic heterocycles. The van der Waals surface area contributed by atoms with Crippen LogP contribution in [0.4, 0.5) is 0 Å². The summed E-state index contributed by atoms with van der Waals surface area (Å²) in [6.07, 6.45) is 0. The van der Waals surface area contributed by atoms with Crippen molar-refractivity contribution < 1.29 is 5.11 Å². The molecule has 1 nitrogen and oxygen atoms in total. The minimum absolute atomic E-state index is 0.0419. The van der Waals surface area contributed by atoms with Gasteiger partial charge in [-0.25, -0.2) is 0 Å². The number of phenolic OH excluding ortho intramolecular Hbond substituents is 1. The van der Waals surface area contributed by atoms with Gasteiger partial charge in [0.2, 0.25) is 0 Å². The molecule has 0 amide bonds. The highest BCUT2D eigenvalue weighted by molar-refractivity contribution is 5.40. The van der Waals surface area contributed by atoms with Gasteiger partial charge in [0.15, 0.2) is 0 Å². The van der Waals surface area contributed by atoms with Crippen LogP contribution in [0.25, 0.3) is 0 Å². The number of aryl methyl sites for hydroxylation is 1. The second-order valence-electron chi connectivity index (χ2n) is 5.04. The second-order valence-corrected chi connectivity index (χ2v) is 5.04. The van der Waals surface area contributed by atoms with E-state index in [1.807, 2.05) is 12.1 Å². The summed E-state index contributed by atoms with van der Waals surface area (Å²) in [4.78, 5) is 0. The summed E-state index contributed by atoms with van der Waals surface area (Å²) in [6, 6.07) is 16.0. The van der Waals surface area contributed by atoms with Gasteiger partial charge in [-0.3, -0.25) is 0 Å². The smallest absolute Gasteiger partial charge is 0.115 e. The van der Waals surface area contributed by atoms with Crippen molar-refractivity contribution in [3.63, 3.8) is 0 Å². The van der Waals surface area contributed by atoms with E-state index in [2.05, 4.69) is 45.0 Å². The molecular formula is C16H18O. The predicted molar refractivity (Wildman–Crippen MR) is 71.4 cm³/mol. The van der Waals surface area contributed by atoms with Crippen molar-refractivity contribution in [3.8, 4) is 5.75 Å². The molecule has 0 atom stereocenters. The van der Waals surface area contributed by atoms with E-state index < -0.39 is 0 Å². The van der Waals surface area contributed by atoms with Gasteiger partial charge in [0.05, 0.1) is 0 Å². The van der Waals surface area contributed by atoms with Crippen molar-refractivity contribution in [1.82, 2.24) is 0 Å². The zero-order chi connectivity index (χ0) is 12.5. The van der Waals surface area contributed by atoms with Crippen LogP contribution in [-0.2, 0) is 5.41 Å². The number of hydrogen-bond donors (Lipinski definition) is 1. The maximum absolute atomic E-state index is 9.34. The lowest BCUT2D eigenvalue weighted by atomic mass is 9.78. The number of rotatable bonds is 2. The Balaban J connectivity index is 2.45. The number of benzene rings is 2. The molecule has 1 heteroatoms. The summed E-state index contributed by atoms with van der Waals surface area (Å²) < 4.78 is 0. The first-order valence-corrected chi connectivity index (χ1v) is 5.87. The molecule has 0 saturated carbocycles. The van der Waals surface area contributed by atoms with E-state index in [0.29, 0.717) is 5.75 Å². The standard InChI is InChI=1S/C16H18O/c1-12-5-4-6-14(11-12)16(2,3)13-7-9-15(17)10-8-13/h4-11,17H,1-3H3. The van der Waals surface area contributed by atoms with Crippen molar-refractivity contribution in [2.75, 3.05) is 0 Å². The summed E-state index contributed by atoms with van der Waals surface area (Å²) in [5.41, 5.74) is 3.73. The quantitative estimate of drug-likeness (QED) is 0.819. The highest BCUT2D eigenvalue weighted by Gasteiger charge is 2.22. The molecule has 0 unspecified atom stereocenters. The Hall–Kier alpha value is -1.76. The molecule has 88 valence electrons. The topological polar surface area (TPSA) is 20.2 Å². The predicted octanol–water partition coefficient (Wildman–Crippen LogP) is 4.03. The van der Waals surface area contributed by atoms with E-state index >= 15 is 0 Å². The molecule has 17 heavy (non-hydrogen) atoms. The van der Waals surface area contributed by atoms with Crippen LogP contribution in [0.3, 0.4) is 0 Å². The van der Waals surface area contributed by atoms with Gasteiger partial charge in [0.1, 0.15) is 5.75 Å². The van der Waals surface area contributed by atoms with E-state index in [9.17, 15) is 5.11 Å². The molecule has 0 heterocycles. The second kappa shape index (κ2) is 4.25. The number of phenols is 1. The molecule has 0 spiro atoms. The van der Waals surface area contributed by atoms with Crippen molar-refractivity contribution in [1.29, 1.82) is 0 Å². The Morgan fingerprint density at radius 3 is 2.12 bits per heavy atom. The van der Waals surface area contributed by atoms with Gasteiger partial charge in [-0.15, -0.1) is 0 Å². The summed E-state index contributed by atoms with van der Waals surface area (Å²) in [7, 11) is 0. The molecule has 2 aromatic carbocycles. The fraction of sp³-hybridized carbons (Fsp3) is 0.250. The monoisotopic (exact) mass is 226 g/mol. The highest BCUT2D eigenvalue weighted by atomic mass is 16.3. The van der Waals surface area contributed by atoms with E-state index in [0.717, 1.165) is 0 Å². The molecule has 0 saturated heterocycles. The van der Waals surface area contributed by atoms with Gasteiger partial charge in [0.25, 0.3) is 0 Å². The van der Waals surface area contributed by atoms with Crippen LogP contribution in [0.5, 0.6) is 5.75 Å². The molecule has 0 aliphatic rings. The molecular weight excluding hydrogens is 208 g/mol. The average molecular weight is 226 g/mol. The molecule has 0 radical (unpaired) electrons. The Morgan fingerprint density at radius 1 is 0.882 bits per heavy atom. The van der Waals surface area contributed by atoms with Crippen LogP contribution in [-0.4, -0.2) is 5.11 Å².